The van der Waals surface area contributed by atoms with Gasteiger partial charge < -0.3 is 21.3 Å². The minimum Gasteiger partial charge on any atom is -0.370 e. The van der Waals surface area contributed by atoms with Crippen LogP contribution in [0.2, 0.25) is 10.0 Å². The lowest BCUT2D eigenvalue weighted by atomic mass is 10.00. The van der Waals surface area contributed by atoms with Crippen molar-refractivity contribution in [2.75, 3.05) is 19.6 Å². The number of hydrogen-bond acceptors (Lipinski definition) is 3. The Bertz CT molecular complexity index is 1040. The average molecular weight is 518 g/mol. The highest BCUT2D eigenvalue weighted by molar-refractivity contribution is 6.35. The van der Waals surface area contributed by atoms with Gasteiger partial charge in [-0.15, -0.1) is 0 Å². The lowest BCUT2D eigenvalue weighted by molar-refractivity contribution is -0.146. The fraction of sp³-hybridized carbons (Fsp3) is 0.423. The van der Waals surface area contributed by atoms with Crippen molar-refractivity contribution in [3.05, 3.63) is 69.7 Å². The predicted octanol–water partition coefficient (Wildman–Crippen LogP) is 3.65. The van der Waals surface area contributed by atoms with Gasteiger partial charge in [0.25, 0.3) is 0 Å². The van der Waals surface area contributed by atoms with E-state index in [0.29, 0.717) is 61.8 Å². The molecule has 1 aliphatic rings. The summed E-state index contributed by atoms with van der Waals surface area (Å²) in [6.07, 6.45) is 2.61. The standard InChI is InChI=1S/C26H33Cl2N5O2/c1-18-16-33(24(34)12-10-20-9-11-21(27)15-23(20)28)22(8-5-13-31-26(29)30)17-32(18)25(35)14-19-6-3-2-4-7-19/h2-4,6-7,9,11,15,18,22H,5,8,10,12-14,16-17H2,1H3,(H4,29,30,31)/t18-,22+/m1/s1. The smallest absolute Gasteiger partial charge is 0.227 e. The highest BCUT2D eigenvalue weighted by atomic mass is 35.5. The monoisotopic (exact) mass is 517 g/mol. The lowest BCUT2D eigenvalue weighted by Gasteiger charge is -2.45. The number of guanidine groups is 1. The molecule has 1 aliphatic heterocycles. The number of carbonyl (C=O) groups excluding carboxylic acids is 2. The largest absolute Gasteiger partial charge is 0.370 e. The molecular formula is C26H33Cl2N5O2. The van der Waals surface area contributed by atoms with Crippen molar-refractivity contribution < 1.29 is 9.59 Å². The second-order valence-electron chi connectivity index (χ2n) is 8.94. The Hall–Kier alpha value is -2.77. The van der Waals surface area contributed by atoms with E-state index in [1.807, 2.05) is 53.1 Å². The normalized spacial score (nSPS) is 17.8. The third-order valence-electron chi connectivity index (χ3n) is 6.29. The Kier molecular flexibility index (Phi) is 9.81. The van der Waals surface area contributed by atoms with Gasteiger partial charge in [0.15, 0.2) is 5.96 Å². The number of aryl methyl sites for hydroxylation is 1. The number of aliphatic imine (C=N–C) groups is 1. The van der Waals surface area contributed by atoms with Crippen molar-refractivity contribution in [3.8, 4) is 0 Å². The third-order valence-corrected chi connectivity index (χ3v) is 6.88. The van der Waals surface area contributed by atoms with Gasteiger partial charge in [-0.05, 0) is 49.4 Å². The second-order valence-corrected chi connectivity index (χ2v) is 9.79. The van der Waals surface area contributed by atoms with Gasteiger partial charge in [0.2, 0.25) is 11.8 Å². The zero-order valence-electron chi connectivity index (χ0n) is 20.0. The van der Waals surface area contributed by atoms with Gasteiger partial charge in [-0.2, -0.15) is 0 Å². The molecule has 2 amide bonds. The van der Waals surface area contributed by atoms with E-state index in [1.54, 1.807) is 12.1 Å². The molecule has 0 saturated carbocycles. The zero-order valence-corrected chi connectivity index (χ0v) is 21.5. The first-order chi connectivity index (χ1) is 16.7. The minimum absolute atomic E-state index is 0.0462. The zero-order chi connectivity index (χ0) is 25.4. The van der Waals surface area contributed by atoms with Gasteiger partial charge in [-0.3, -0.25) is 14.6 Å². The second kappa shape index (κ2) is 12.8. The molecular weight excluding hydrogens is 485 g/mol. The molecule has 4 N–H and O–H groups in total. The molecule has 0 bridgehead atoms. The van der Waals surface area contributed by atoms with Gasteiger partial charge in [0.1, 0.15) is 0 Å². The quantitative estimate of drug-likeness (QED) is 0.300. The Balaban J connectivity index is 1.68. The van der Waals surface area contributed by atoms with Gasteiger partial charge in [-0.1, -0.05) is 59.6 Å². The molecule has 188 valence electrons. The van der Waals surface area contributed by atoms with E-state index in [9.17, 15) is 9.59 Å². The van der Waals surface area contributed by atoms with E-state index in [2.05, 4.69) is 4.99 Å². The molecule has 2 atom stereocenters. The number of nitrogens with two attached hydrogens (primary N) is 2. The van der Waals surface area contributed by atoms with Crippen LogP contribution < -0.4 is 11.5 Å². The number of halogens is 2. The van der Waals surface area contributed by atoms with Crippen LogP contribution in [0.15, 0.2) is 53.5 Å². The summed E-state index contributed by atoms with van der Waals surface area (Å²) in [6.45, 7) is 3.45. The topological polar surface area (TPSA) is 105 Å². The molecule has 7 nitrogen and oxygen atoms in total. The molecule has 0 aliphatic carbocycles. The van der Waals surface area contributed by atoms with Crippen LogP contribution in [0.25, 0.3) is 0 Å². The molecule has 1 saturated heterocycles. The molecule has 2 aromatic rings. The fourth-order valence-corrected chi connectivity index (χ4v) is 4.96. The minimum atomic E-state index is -0.103. The SMILES string of the molecule is C[C@@H]1CN(C(=O)CCc2ccc(Cl)cc2Cl)[C@@H](CCCN=C(N)N)CN1C(=O)Cc1ccccc1. The third kappa shape index (κ3) is 7.87. The first-order valence-corrected chi connectivity index (χ1v) is 12.6. The summed E-state index contributed by atoms with van der Waals surface area (Å²) in [6, 6.07) is 14.8. The molecule has 1 fully saturated rings. The van der Waals surface area contributed by atoms with Gasteiger partial charge in [0.05, 0.1) is 6.42 Å². The maximum Gasteiger partial charge on any atom is 0.227 e. The highest BCUT2D eigenvalue weighted by Gasteiger charge is 2.36. The Morgan fingerprint density at radius 3 is 2.46 bits per heavy atom. The van der Waals surface area contributed by atoms with E-state index in [1.165, 1.54) is 0 Å². The number of hydrogen-bond donors (Lipinski definition) is 2. The molecule has 0 aromatic heterocycles. The van der Waals surface area contributed by atoms with Crippen LogP contribution in [0, 0.1) is 0 Å². The van der Waals surface area contributed by atoms with Crippen molar-refractivity contribution in [1.29, 1.82) is 0 Å². The summed E-state index contributed by atoms with van der Waals surface area (Å²) in [5.74, 6) is 0.164. The van der Waals surface area contributed by atoms with E-state index >= 15 is 0 Å². The summed E-state index contributed by atoms with van der Waals surface area (Å²) in [7, 11) is 0. The molecule has 0 spiro atoms. The van der Waals surface area contributed by atoms with Crippen LogP contribution >= 0.6 is 23.2 Å². The van der Waals surface area contributed by atoms with E-state index in [0.717, 1.165) is 11.1 Å². The molecule has 3 rings (SSSR count). The van der Waals surface area contributed by atoms with Crippen molar-refractivity contribution >= 4 is 41.0 Å². The molecule has 9 heteroatoms. The lowest BCUT2D eigenvalue weighted by Crippen LogP contribution is -2.60. The van der Waals surface area contributed by atoms with Crippen LogP contribution in [-0.2, 0) is 22.4 Å². The average Bonchev–Trinajstić information content (AvgIpc) is 2.82. The summed E-state index contributed by atoms with van der Waals surface area (Å²) in [5, 5.41) is 1.12. The van der Waals surface area contributed by atoms with Gasteiger partial charge in [0, 0.05) is 48.2 Å². The van der Waals surface area contributed by atoms with Crippen LogP contribution in [0.5, 0.6) is 0 Å². The van der Waals surface area contributed by atoms with Crippen molar-refractivity contribution in [1.82, 2.24) is 9.80 Å². The van der Waals surface area contributed by atoms with Crippen molar-refractivity contribution in [2.45, 2.75) is 51.1 Å². The first-order valence-electron chi connectivity index (χ1n) is 11.9. The molecule has 0 radical (unpaired) electrons. The van der Waals surface area contributed by atoms with E-state index in [-0.39, 0.29) is 29.9 Å². The molecule has 35 heavy (non-hydrogen) atoms. The maximum atomic E-state index is 13.3. The number of amides is 2. The molecule has 2 aromatic carbocycles. The van der Waals surface area contributed by atoms with Crippen LogP contribution in [0.4, 0.5) is 0 Å². The summed E-state index contributed by atoms with van der Waals surface area (Å²) < 4.78 is 0. The number of carbonyl (C=O) groups is 2. The maximum absolute atomic E-state index is 13.3. The summed E-state index contributed by atoms with van der Waals surface area (Å²) in [4.78, 5) is 34.3. The summed E-state index contributed by atoms with van der Waals surface area (Å²) in [5.41, 5.74) is 12.8. The van der Waals surface area contributed by atoms with Crippen LogP contribution in [0.1, 0.15) is 37.3 Å². The number of rotatable bonds is 9. The van der Waals surface area contributed by atoms with Crippen molar-refractivity contribution in [2.24, 2.45) is 16.5 Å². The first kappa shape index (κ1) is 26.8. The fourth-order valence-electron chi connectivity index (χ4n) is 4.45. The Labute approximate surface area is 217 Å². The van der Waals surface area contributed by atoms with Gasteiger partial charge in [-0.25, -0.2) is 0 Å². The highest BCUT2D eigenvalue weighted by Crippen LogP contribution is 2.25. The molecule has 1 heterocycles. The predicted molar refractivity (Wildman–Crippen MR) is 142 cm³/mol. The van der Waals surface area contributed by atoms with Crippen molar-refractivity contribution in [3.63, 3.8) is 0 Å². The number of piperazine rings is 1. The van der Waals surface area contributed by atoms with Crippen LogP contribution in [-0.4, -0.2) is 59.3 Å². The van der Waals surface area contributed by atoms with Crippen LogP contribution in [0.3, 0.4) is 0 Å². The summed E-state index contributed by atoms with van der Waals surface area (Å²) >= 11 is 12.3. The van der Waals surface area contributed by atoms with Gasteiger partial charge >= 0.3 is 0 Å². The molecule has 0 unspecified atom stereocenters. The number of benzene rings is 2. The van der Waals surface area contributed by atoms with E-state index < -0.39 is 0 Å². The Morgan fingerprint density at radius 1 is 1.03 bits per heavy atom. The van der Waals surface area contributed by atoms with E-state index in [4.69, 9.17) is 34.7 Å². The number of nitrogens with zero attached hydrogens (tertiary/aromatic N) is 3. The Morgan fingerprint density at radius 2 is 1.77 bits per heavy atom.